The smallest absolute Gasteiger partial charge is 0.227 e. The normalized spacial score (nSPS) is 11.5. The van der Waals surface area contributed by atoms with E-state index in [4.69, 9.17) is 24.4 Å². The number of hydrogen-bond donors (Lipinski definition) is 0. The fourth-order valence-electron chi connectivity index (χ4n) is 6.88. The van der Waals surface area contributed by atoms with Crippen LogP contribution in [0.5, 0.6) is 0 Å². The van der Waals surface area contributed by atoms with Gasteiger partial charge in [-0.3, -0.25) is 0 Å². The third-order valence-electron chi connectivity index (χ3n) is 9.40. The van der Waals surface area contributed by atoms with Crippen LogP contribution in [0.2, 0.25) is 0 Å². The summed E-state index contributed by atoms with van der Waals surface area (Å²) in [6.07, 6.45) is 0. The van der Waals surface area contributed by atoms with Crippen LogP contribution in [0.1, 0.15) is 0 Å². The lowest BCUT2D eigenvalue weighted by Gasteiger charge is -2.11. The van der Waals surface area contributed by atoms with Gasteiger partial charge in [0.25, 0.3) is 0 Å². The standard InChI is InChI=1S/C46H28N4OS/c1-3-12-29(13-4-1)31-24-26-32(27-25-31)43-48-44(34-17-9-16-33(28-34)30-14-5-2-6-15-30)50-45(49-43)35-18-10-22-39-41(35)42-36(19-11-23-40(42)52-39)46-47-37-20-7-8-21-38(37)51-46/h1-28H. The number of benzene rings is 7. The maximum absolute atomic E-state index is 6.32. The van der Waals surface area contributed by atoms with E-state index >= 15 is 0 Å². The van der Waals surface area contributed by atoms with E-state index in [1.165, 1.54) is 0 Å². The van der Waals surface area contributed by atoms with Crippen LogP contribution < -0.4 is 0 Å². The van der Waals surface area contributed by atoms with E-state index in [2.05, 4.69) is 133 Å². The van der Waals surface area contributed by atoms with E-state index < -0.39 is 0 Å². The molecule has 3 aromatic heterocycles. The van der Waals surface area contributed by atoms with Crippen LogP contribution >= 0.6 is 11.3 Å². The number of thiophene rings is 1. The minimum atomic E-state index is 0.592. The molecule has 0 bridgehead atoms. The molecule has 0 saturated heterocycles. The first-order valence-electron chi connectivity index (χ1n) is 17.1. The number of para-hydroxylation sites is 2. The Bertz CT molecular complexity index is 2860. The number of hydrogen-bond acceptors (Lipinski definition) is 6. The van der Waals surface area contributed by atoms with Crippen molar-refractivity contribution in [2.45, 2.75) is 0 Å². The minimum absolute atomic E-state index is 0.592. The SMILES string of the molecule is c1ccc(-c2ccc(-c3nc(-c4cccc(-c5ccccc5)c4)nc(-c4cccc5sc6cccc(-c7nc8ccccc8o7)c6c45)n3)cc2)cc1. The Labute approximate surface area is 303 Å². The zero-order valence-electron chi connectivity index (χ0n) is 27.8. The average Bonchev–Trinajstić information content (AvgIpc) is 3.84. The summed E-state index contributed by atoms with van der Waals surface area (Å²) in [6, 6.07) is 58.2. The monoisotopic (exact) mass is 684 g/mol. The van der Waals surface area contributed by atoms with Gasteiger partial charge in [0.05, 0.1) is 0 Å². The summed E-state index contributed by atoms with van der Waals surface area (Å²) in [6.45, 7) is 0. The highest BCUT2D eigenvalue weighted by Crippen LogP contribution is 2.44. The number of fused-ring (bicyclic) bond motifs is 4. The van der Waals surface area contributed by atoms with Crippen LogP contribution in [0, 0.1) is 0 Å². The maximum Gasteiger partial charge on any atom is 0.227 e. The molecule has 5 nitrogen and oxygen atoms in total. The van der Waals surface area contributed by atoms with Gasteiger partial charge in [0.2, 0.25) is 5.89 Å². The second-order valence-corrected chi connectivity index (χ2v) is 13.7. The summed E-state index contributed by atoms with van der Waals surface area (Å²) in [4.78, 5) is 20.4. The Morgan fingerprint density at radius 1 is 0.365 bits per heavy atom. The van der Waals surface area contributed by atoms with Gasteiger partial charge in [0.15, 0.2) is 23.1 Å². The van der Waals surface area contributed by atoms with E-state index in [9.17, 15) is 0 Å². The van der Waals surface area contributed by atoms with Crippen molar-refractivity contribution in [2.24, 2.45) is 0 Å². The molecule has 0 unspecified atom stereocenters. The maximum atomic E-state index is 6.32. The fourth-order valence-corrected chi connectivity index (χ4v) is 8.04. The first-order valence-corrected chi connectivity index (χ1v) is 18.0. The Hall–Kier alpha value is -6.76. The van der Waals surface area contributed by atoms with Gasteiger partial charge in [-0.1, -0.05) is 133 Å². The van der Waals surface area contributed by atoms with Crippen molar-refractivity contribution in [2.75, 3.05) is 0 Å². The lowest BCUT2D eigenvalue weighted by Crippen LogP contribution is -2.00. The average molecular weight is 685 g/mol. The molecule has 0 fully saturated rings. The predicted octanol–water partition coefficient (Wildman–Crippen LogP) is 12.4. The van der Waals surface area contributed by atoms with Crippen LogP contribution in [0.4, 0.5) is 0 Å². The van der Waals surface area contributed by atoms with Gasteiger partial charge in [-0.15, -0.1) is 11.3 Å². The highest BCUT2D eigenvalue weighted by molar-refractivity contribution is 7.26. The molecule has 0 aliphatic heterocycles. The zero-order valence-corrected chi connectivity index (χ0v) is 28.6. The Morgan fingerprint density at radius 3 is 1.62 bits per heavy atom. The van der Waals surface area contributed by atoms with Gasteiger partial charge in [-0.2, -0.15) is 0 Å². The fraction of sp³-hybridized carbons (Fsp3) is 0. The second kappa shape index (κ2) is 12.5. The molecular formula is C46H28N4OS. The Morgan fingerprint density at radius 2 is 0.885 bits per heavy atom. The van der Waals surface area contributed by atoms with Crippen molar-refractivity contribution in [1.29, 1.82) is 0 Å². The van der Waals surface area contributed by atoms with E-state index in [1.54, 1.807) is 11.3 Å². The number of oxazole rings is 1. The van der Waals surface area contributed by atoms with Crippen molar-refractivity contribution in [3.05, 3.63) is 170 Å². The van der Waals surface area contributed by atoms with E-state index in [-0.39, 0.29) is 0 Å². The molecule has 7 aromatic carbocycles. The van der Waals surface area contributed by atoms with Gasteiger partial charge in [-0.05, 0) is 58.7 Å². The summed E-state index contributed by atoms with van der Waals surface area (Å²) in [5.41, 5.74) is 9.82. The largest absolute Gasteiger partial charge is 0.436 e. The van der Waals surface area contributed by atoms with Crippen molar-refractivity contribution in [1.82, 2.24) is 19.9 Å². The predicted molar refractivity (Wildman–Crippen MR) is 213 cm³/mol. The first-order chi connectivity index (χ1) is 25.7. The van der Waals surface area contributed by atoms with Crippen LogP contribution in [-0.4, -0.2) is 19.9 Å². The molecule has 0 spiro atoms. The third kappa shape index (κ3) is 5.34. The molecule has 0 radical (unpaired) electrons. The second-order valence-electron chi connectivity index (χ2n) is 12.6. The first kappa shape index (κ1) is 30.1. The summed E-state index contributed by atoms with van der Waals surface area (Å²) in [7, 11) is 0. The summed E-state index contributed by atoms with van der Waals surface area (Å²) in [5, 5.41) is 2.15. The molecule has 0 saturated carbocycles. The van der Waals surface area contributed by atoms with Crippen LogP contribution in [0.3, 0.4) is 0 Å². The number of rotatable bonds is 6. The Balaban J connectivity index is 1.19. The molecule has 0 N–H and O–H groups in total. The van der Waals surface area contributed by atoms with Gasteiger partial charge in [-0.25, -0.2) is 19.9 Å². The third-order valence-corrected chi connectivity index (χ3v) is 10.5. The van der Waals surface area contributed by atoms with E-state index in [0.717, 1.165) is 75.8 Å². The lowest BCUT2D eigenvalue weighted by molar-refractivity contribution is 0.620. The molecule has 0 atom stereocenters. The van der Waals surface area contributed by atoms with Crippen LogP contribution in [0.25, 0.3) is 99.1 Å². The van der Waals surface area contributed by atoms with Gasteiger partial charge < -0.3 is 4.42 Å². The molecule has 52 heavy (non-hydrogen) atoms. The number of aromatic nitrogens is 4. The topological polar surface area (TPSA) is 64.7 Å². The molecule has 10 aromatic rings. The van der Waals surface area contributed by atoms with Crippen molar-refractivity contribution in [3.8, 4) is 67.9 Å². The Kier molecular flexibility index (Phi) is 7.25. The van der Waals surface area contributed by atoms with Crippen LogP contribution in [-0.2, 0) is 0 Å². The quantitative estimate of drug-likeness (QED) is 0.174. The van der Waals surface area contributed by atoms with Gasteiger partial charge >= 0.3 is 0 Å². The number of nitrogens with zero attached hydrogens (tertiary/aromatic N) is 4. The highest BCUT2D eigenvalue weighted by Gasteiger charge is 2.21. The van der Waals surface area contributed by atoms with Crippen LogP contribution in [0.15, 0.2) is 174 Å². The molecule has 0 aliphatic rings. The van der Waals surface area contributed by atoms with E-state index in [1.807, 2.05) is 36.4 Å². The van der Waals surface area contributed by atoms with Crippen molar-refractivity contribution in [3.63, 3.8) is 0 Å². The molecule has 6 heteroatoms. The highest BCUT2D eigenvalue weighted by atomic mass is 32.1. The molecule has 3 heterocycles. The van der Waals surface area contributed by atoms with Gasteiger partial charge in [0.1, 0.15) is 5.52 Å². The molecule has 10 rings (SSSR count). The summed E-state index contributed by atoms with van der Waals surface area (Å²) < 4.78 is 8.60. The van der Waals surface area contributed by atoms with E-state index in [0.29, 0.717) is 23.4 Å². The molecular weight excluding hydrogens is 657 g/mol. The van der Waals surface area contributed by atoms with Gasteiger partial charge in [0, 0.05) is 42.4 Å². The van der Waals surface area contributed by atoms with Crippen molar-refractivity contribution < 1.29 is 4.42 Å². The summed E-state index contributed by atoms with van der Waals surface area (Å²) in [5.74, 6) is 2.42. The summed E-state index contributed by atoms with van der Waals surface area (Å²) >= 11 is 1.75. The molecule has 244 valence electrons. The molecule has 0 amide bonds. The molecule has 0 aliphatic carbocycles. The zero-order chi connectivity index (χ0) is 34.4. The minimum Gasteiger partial charge on any atom is -0.436 e. The van der Waals surface area contributed by atoms with Crippen molar-refractivity contribution >= 4 is 42.6 Å². The lowest BCUT2D eigenvalue weighted by atomic mass is 10.0.